The summed E-state index contributed by atoms with van der Waals surface area (Å²) in [5, 5.41) is 9.40. The number of aliphatic carboxylic acids is 1. The van der Waals surface area contributed by atoms with Gasteiger partial charge in [0.15, 0.2) is 11.5 Å². The van der Waals surface area contributed by atoms with Crippen LogP contribution in [-0.2, 0) is 11.0 Å². The Morgan fingerprint density at radius 3 is 2.54 bits per heavy atom. The molecule has 0 amide bonds. The molecule has 24 heavy (non-hydrogen) atoms. The predicted octanol–water partition coefficient (Wildman–Crippen LogP) is 4.06. The van der Waals surface area contributed by atoms with Gasteiger partial charge in [-0.15, -0.1) is 0 Å². The molecule has 0 atom stereocenters. The van der Waals surface area contributed by atoms with Crippen molar-refractivity contribution in [1.29, 1.82) is 0 Å². The van der Waals surface area contributed by atoms with E-state index in [9.17, 15) is 23.1 Å². The van der Waals surface area contributed by atoms with Gasteiger partial charge in [-0.1, -0.05) is 18.2 Å². The highest BCUT2D eigenvalue weighted by molar-refractivity contribution is 6.20. The van der Waals surface area contributed by atoms with Crippen molar-refractivity contribution < 1.29 is 32.5 Å². The van der Waals surface area contributed by atoms with Gasteiger partial charge in [-0.25, -0.2) is 4.79 Å². The lowest BCUT2D eigenvalue weighted by Crippen LogP contribution is -2.05. The molecule has 3 rings (SSSR count). The van der Waals surface area contributed by atoms with Gasteiger partial charge in [0.25, 0.3) is 0 Å². The lowest BCUT2D eigenvalue weighted by atomic mass is 10.0. The number of carbonyl (C=O) groups is 1. The fraction of sp³-hybridized carbons (Fsp3) is 0.118. The first-order valence-corrected chi connectivity index (χ1v) is 6.87. The molecular weight excluding hydrogens is 325 g/mol. The summed E-state index contributed by atoms with van der Waals surface area (Å²) in [6, 6.07) is 9.02. The van der Waals surface area contributed by atoms with Crippen LogP contribution in [0, 0.1) is 0 Å². The summed E-state index contributed by atoms with van der Waals surface area (Å²) in [6.45, 7) is 0.0402. The number of carboxylic acids is 1. The van der Waals surface area contributed by atoms with E-state index < -0.39 is 17.7 Å². The molecule has 4 nitrogen and oxygen atoms in total. The molecule has 2 aromatic carbocycles. The molecule has 0 saturated carbocycles. The predicted molar refractivity (Wildman–Crippen MR) is 79.5 cm³/mol. The summed E-state index contributed by atoms with van der Waals surface area (Å²) in [5.74, 6) is -0.377. The Labute approximate surface area is 134 Å². The van der Waals surface area contributed by atoms with Gasteiger partial charge in [-0.05, 0) is 41.5 Å². The van der Waals surface area contributed by atoms with Gasteiger partial charge in [0.2, 0.25) is 6.79 Å². The standard InChI is InChI=1S/C17H11F3O4/c18-17(19,20)12-3-1-2-10(6-12)7-13(16(21)22)11-4-5-14-15(8-11)24-9-23-14/h1-8H,9H2,(H,21,22)/b13-7-. The minimum absolute atomic E-state index is 0.0402. The van der Waals surface area contributed by atoms with Crippen LogP contribution in [0.15, 0.2) is 42.5 Å². The Morgan fingerprint density at radius 2 is 1.83 bits per heavy atom. The number of halogens is 3. The largest absolute Gasteiger partial charge is 0.478 e. The van der Waals surface area contributed by atoms with E-state index in [4.69, 9.17) is 9.47 Å². The van der Waals surface area contributed by atoms with Crippen molar-refractivity contribution in [1.82, 2.24) is 0 Å². The van der Waals surface area contributed by atoms with Crippen LogP contribution in [0.3, 0.4) is 0 Å². The molecule has 1 heterocycles. The molecule has 1 N–H and O–H groups in total. The van der Waals surface area contributed by atoms with Crippen molar-refractivity contribution in [3.8, 4) is 11.5 Å². The molecule has 0 aromatic heterocycles. The van der Waals surface area contributed by atoms with Crippen molar-refractivity contribution in [2.75, 3.05) is 6.79 Å². The quantitative estimate of drug-likeness (QED) is 0.678. The summed E-state index contributed by atoms with van der Waals surface area (Å²) >= 11 is 0. The molecule has 2 aromatic rings. The Morgan fingerprint density at radius 1 is 1.08 bits per heavy atom. The molecule has 0 aliphatic carbocycles. The first-order valence-electron chi connectivity index (χ1n) is 6.87. The van der Waals surface area contributed by atoms with Gasteiger partial charge in [-0.2, -0.15) is 13.2 Å². The first kappa shape index (κ1) is 15.9. The van der Waals surface area contributed by atoms with E-state index in [1.807, 2.05) is 0 Å². The molecule has 1 aliphatic heterocycles. The second-order valence-corrected chi connectivity index (χ2v) is 5.05. The van der Waals surface area contributed by atoms with Crippen molar-refractivity contribution >= 4 is 17.6 Å². The third-order valence-corrected chi connectivity index (χ3v) is 3.44. The lowest BCUT2D eigenvalue weighted by molar-refractivity contribution is -0.137. The maximum Gasteiger partial charge on any atom is 0.416 e. The minimum Gasteiger partial charge on any atom is -0.478 e. The van der Waals surface area contributed by atoms with Crippen LogP contribution < -0.4 is 9.47 Å². The molecule has 0 unspecified atom stereocenters. The van der Waals surface area contributed by atoms with Crippen LogP contribution >= 0.6 is 0 Å². The number of carboxylic acid groups (broad SMARTS) is 1. The minimum atomic E-state index is -4.49. The smallest absolute Gasteiger partial charge is 0.416 e. The topological polar surface area (TPSA) is 55.8 Å². The highest BCUT2D eigenvalue weighted by Gasteiger charge is 2.30. The van der Waals surface area contributed by atoms with Crippen LogP contribution in [0.1, 0.15) is 16.7 Å². The Hall–Kier alpha value is -2.96. The summed E-state index contributed by atoms with van der Waals surface area (Å²) in [5.41, 5.74) is -0.539. The van der Waals surface area contributed by atoms with E-state index >= 15 is 0 Å². The molecule has 0 fully saturated rings. The number of benzene rings is 2. The highest BCUT2D eigenvalue weighted by Crippen LogP contribution is 2.35. The second-order valence-electron chi connectivity index (χ2n) is 5.05. The molecule has 0 spiro atoms. The van der Waals surface area contributed by atoms with Gasteiger partial charge >= 0.3 is 12.1 Å². The molecular formula is C17H11F3O4. The van der Waals surface area contributed by atoms with Gasteiger partial charge < -0.3 is 14.6 Å². The maximum absolute atomic E-state index is 12.8. The summed E-state index contributed by atoms with van der Waals surface area (Å²) < 4.78 is 48.7. The van der Waals surface area contributed by atoms with Crippen molar-refractivity contribution in [2.24, 2.45) is 0 Å². The Balaban J connectivity index is 2.03. The van der Waals surface area contributed by atoms with E-state index in [1.165, 1.54) is 30.3 Å². The average molecular weight is 336 g/mol. The van der Waals surface area contributed by atoms with Crippen molar-refractivity contribution in [2.45, 2.75) is 6.18 Å². The summed E-state index contributed by atoms with van der Waals surface area (Å²) in [4.78, 5) is 11.5. The van der Waals surface area contributed by atoms with Crippen molar-refractivity contribution in [3.05, 3.63) is 59.2 Å². The zero-order valence-electron chi connectivity index (χ0n) is 12.1. The van der Waals surface area contributed by atoms with Gasteiger partial charge in [0, 0.05) is 0 Å². The molecule has 124 valence electrons. The number of hydrogen-bond acceptors (Lipinski definition) is 3. The van der Waals surface area contributed by atoms with E-state index in [1.54, 1.807) is 6.07 Å². The Kier molecular flexibility index (Phi) is 3.92. The van der Waals surface area contributed by atoms with Crippen LogP contribution in [0.25, 0.3) is 11.6 Å². The van der Waals surface area contributed by atoms with E-state index in [0.717, 1.165) is 12.1 Å². The van der Waals surface area contributed by atoms with Crippen molar-refractivity contribution in [3.63, 3.8) is 0 Å². The first-order chi connectivity index (χ1) is 11.3. The monoisotopic (exact) mass is 336 g/mol. The SMILES string of the molecule is O=C(O)/C(=C\c1cccc(C(F)(F)F)c1)c1ccc2c(c1)OCO2. The van der Waals surface area contributed by atoms with Gasteiger partial charge in [0.05, 0.1) is 11.1 Å². The third kappa shape index (κ3) is 3.19. The van der Waals surface area contributed by atoms with E-state index in [2.05, 4.69) is 0 Å². The van der Waals surface area contributed by atoms with E-state index in [0.29, 0.717) is 17.1 Å². The number of hydrogen-bond donors (Lipinski definition) is 1. The normalized spacial score (nSPS) is 13.9. The van der Waals surface area contributed by atoms with Gasteiger partial charge in [-0.3, -0.25) is 0 Å². The summed E-state index contributed by atoms with van der Waals surface area (Å²) in [7, 11) is 0. The van der Waals surface area contributed by atoms with Crippen LogP contribution in [-0.4, -0.2) is 17.9 Å². The third-order valence-electron chi connectivity index (χ3n) is 3.44. The molecule has 0 radical (unpaired) electrons. The second kappa shape index (κ2) is 5.92. The lowest BCUT2D eigenvalue weighted by Gasteiger charge is -2.08. The average Bonchev–Trinajstić information content (AvgIpc) is 2.99. The number of fused-ring (bicyclic) bond motifs is 1. The fourth-order valence-electron chi connectivity index (χ4n) is 2.30. The number of alkyl halides is 3. The number of rotatable bonds is 3. The number of ether oxygens (including phenoxy) is 2. The zero-order chi connectivity index (χ0) is 17.3. The molecule has 0 bridgehead atoms. The maximum atomic E-state index is 12.8. The van der Waals surface area contributed by atoms with Crippen LogP contribution in [0.4, 0.5) is 13.2 Å². The highest BCUT2D eigenvalue weighted by atomic mass is 19.4. The summed E-state index contributed by atoms with van der Waals surface area (Å²) in [6.07, 6.45) is -3.30. The molecule has 7 heteroatoms. The van der Waals surface area contributed by atoms with E-state index in [-0.39, 0.29) is 17.9 Å². The van der Waals surface area contributed by atoms with Crippen LogP contribution in [0.2, 0.25) is 0 Å². The fourth-order valence-corrected chi connectivity index (χ4v) is 2.30. The van der Waals surface area contributed by atoms with Crippen LogP contribution in [0.5, 0.6) is 11.5 Å². The van der Waals surface area contributed by atoms with Gasteiger partial charge in [0.1, 0.15) is 0 Å². The molecule has 1 aliphatic rings. The molecule has 0 saturated heterocycles. The zero-order valence-corrected chi connectivity index (χ0v) is 12.1. The Bertz CT molecular complexity index is 825.